The molecule has 13 heavy (non-hydrogen) atoms. The summed E-state index contributed by atoms with van der Waals surface area (Å²) in [5.74, 6) is -0.363. The monoisotopic (exact) mass is 183 g/mol. The number of amides is 2. The lowest BCUT2D eigenvalue weighted by molar-refractivity contribution is -0.141. The van der Waals surface area contributed by atoms with Crippen LogP contribution in [0.2, 0.25) is 0 Å². The first-order valence-electron chi connectivity index (χ1n) is 4.48. The van der Waals surface area contributed by atoms with Gasteiger partial charge < -0.3 is 5.32 Å². The predicted octanol–water partition coefficient (Wildman–Crippen LogP) is -1.69. The molecule has 0 saturated carbocycles. The van der Waals surface area contributed by atoms with E-state index in [0.29, 0.717) is 12.6 Å². The molecular weight excluding hydrogens is 170 g/mol. The molecule has 0 aromatic carbocycles. The van der Waals surface area contributed by atoms with Crippen LogP contribution in [-0.4, -0.2) is 48.4 Å². The third-order valence-electron chi connectivity index (χ3n) is 2.69. The van der Waals surface area contributed by atoms with Gasteiger partial charge in [-0.25, -0.2) is 0 Å². The first kappa shape index (κ1) is 8.65. The summed E-state index contributed by atoms with van der Waals surface area (Å²) in [4.78, 5) is 24.3. The minimum Gasteiger partial charge on any atom is -0.314 e. The molecule has 72 valence electrons. The summed E-state index contributed by atoms with van der Waals surface area (Å²) in [7, 11) is 0. The van der Waals surface area contributed by atoms with Gasteiger partial charge in [0, 0.05) is 19.1 Å². The lowest BCUT2D eigenvalue weighted by atomic mass is 10.1. The van der Waals surface area contributed by atoms with E-state index in [1.807, 2.05) is 11.8 Å². The van der Waals surface area contributed by atoms with Crippen LogP contribution in [0.5, 0.6) is 0 Å². The topological polar surface area (TPSA) is 61.4 Å². The minimum atomic E-state index is -0.185. The van der Waals surface area contributed by atoms with Crippen molar-refractivity contribution >= 4 is 11.8 Å². The van der Waals surface area contributed by atoms with Crippen LogP contribution in [0.4, 0.5) is 0 Å². The van der Waals surface area contributed by atoms with Gasteiger partial charge >= 0.3 is 0 Å². The summed E-state index contributed by atoms with van der Waals surface area (Å²) in [6, 6.07) is 0.176. The third kappa shape index (κ3) is 1.45. The Kier molecular flexibility index (Phi) is 2.05. The van der Waals surface area contributed by atoms with Gasteiger partial charge in [-0.1, -0.05) is 0 Å². The van der Waals surface area contributed by atoms with Crippen molar-refractivity contribution in [2.45, 2.75) is 19.0 Å². The lowest BCUT2D eigenvalue weighted by Crippen LogP contribution is -2.67. The van der Waals surface area contributed by atoms with E-state index in [-0.39, 0.29) is 17.9 Å². The lowest BCUT2D eigenvalue weighted by Gasteiger charge is -2.42. The maximum Gasteiger partial charge on any atom is 0.243 e. The maximum atomic E-state index is 11.3. The van der Waals surface area contributed by atoms with Crippen molar-refractivity contribution in [1.29, 1.82) is 0 Å². The molecule has 5 nitrogen and oxygen atoms in total. The Labute approximate surface area is 76.5 Å². The summed E-state index contributed by atoms with van der Waals surface area (Å²) in [6.45, 7) is 3.94. The van der Waals surface area contributed by atoms with Gasteiger partial charge in [-0.2, -0.15) is 0 Å². The van der Waals surface area contributed by atoms with Crippen molar-refractivity contribution in [3.8, 4) is 0 Å². The molecule has 2 rings (SSSR count). The van der Waals surface area contributed by atoms with Crippen LogP contribution >= 0.6 is 0 Å². The molecule has 2 aliphatic rings. The van der Waals surface area contributed by atoms with E-state index in [1.165, 1.54) is 0 Å². The molecule has 0 spiro atoms. The average molecular weight is 183 g/mol. The second-order valence-electron chi connectivity index (χ2n) is 3.57. The molecular formula is C8H13N3O2. The van der Waals surface area contributed by atoms with Crippen molar-refractivity contribution in [2.24, 2.45) is 0 Å². The molecule has 2 N–H and O–H groups in total. The Morgan fingerprint density at radius 3 is 2.62 bits per heavy atom. The largest absolute Gasteiger partial charge is 0.314 e. The summed E-state index contributed by atoms with van der Waals surface area (Å²) < 4.78 is 0. The quantitative estimate of drug-likeness (QED) is 0.476. The first-order valence-corrected chi connectivity index (χ1v) is 4.48. The Morgan fingerprint density at radius 1 is 1.38 bits per heavy atom. The number of hydrogen-bond acceptors (Lipinski definition) is 4. The van der Waals surface area contributed by atoms with Crippen LogP contribution in [-0.2, 0) is 9.59 Å². The van der Waals surface area contributed by atoms with Crippen LogP contribution in [0.3, 0.4) is 0 Å². The van der Waals surface area contributed by atoms with Gasteiger partial charge in [0.05, 0.1) is 12.6 Å². The zero-order chi connectivity index (χ0) is 9.42. The van der Waals surface area contributed by atoms with Crippen LogP contribution in [0.15, 0.2) is 0 Å². The molecule has 2 amide bonds. The van der Waals surface area contributed by atoms with E-state index < -0.39 is 0 Å². The van der Waals surface area contributed by atoms with Crippen molar-refractivity contribution in [3.05, 3.63) is 0 Å². The zero-order valence-corrected chi connectivity index (χ0v) is 7.54. The van der Waals surface area contributed by atoms with Gasteiger partial charge in [0.2, 0.25) is 11.8 Å². The number of carbonyl (C=O) groups excluding carboxylic acids is 2. The fraction of sp³-hybridized carbons (Fsp3) is 0.750. The van der Waals surface area contributed by atoms with E-state index in [1.54, 1.807) is 0 Å². The Hall–Kier alpha value is -0.940. The maximum absolute atomic E-state index is 11.3. The molecule has 1 atom stereocenters. The third-order valence-corrected chi connectivity index (χ3v) is 2.69. The van der Waals surface area contributed by atoms with Crippen molar-refractivity contribution in [2.75, 3.05) is 19.6 Å². The van der Waals surface area contributed by atoms with Gasteiger partial charge in [-0.15, -0.1) is 0 Å². The highest BCUT2D eigenvalue weighted by atomic mass is 16.2. The molecule has 2 fully saturated rings. The number of carbonyl (C=O) groups is 2. The number of nitrogens with one attached hydrogen (secondary N) is 2. The summed E-state index contributed by atoms with van der Waals surface area (Å²) in [5, 5.41) is 5.45. The number of piperazine rings is 1. The number of hydrogen-bond donors (Lipinski definition) is 2. The minimum absolute atomic E-state index is 0.176. The van der Waals surface area contributed by atoms with E-state index in [9.17, 15) is 9.59 Å². The Balaban J connectivity index is 2.06. The van der Waals surface area contributed by atoms with Crippen molar-refractivity contribution in [3.63, 3.8) is 0 Å². The van der Waals surface area contributed by atoms with Crippen LogP contribution in [0.1, 0.15) is 6.92 Å². The van der Waals surface area contributed by atoms with Crippen molar-refractivity contribution < 1.29 is 9.59 Å². The van der Waals surface area contributed by atoms with Gasteiger partial charge in [0.25, 0.3) is 0 Å². The van der Waals surface area contributed by atoms with Gasteiger partial charge in [0.15, 0.2) is 0 Å². The SMILES string of the molecule is CC1C(=O)NC(=O)CN1C1CNC1. The molecule has 2 aliphatic heterocycles. The predicted molar refractivity (Wildman–Crippen MR) is 46.0 cm³/mol. The highest BCUT2D eigenvalue weighted by molar-refractivity contribution is 6.00. The van der Waals surface area contributed by atoms with Crippen LogP contribution in [0.25, 0.3) is 0 Å². The second-order valence-corrected chi connectivity index (χ2v) is 3.57. The molecule has 5 heteroatoms. The van der Waals surface area contributed by atoms with Crippen molar-refractivity contribution in [1.82, 2.24) is 15.5 Å². The second kappa shape index (κ2) is 3.08. The van der Waals surface area contributed by atoms with Crippen LogP contribution < -0.4 is 10.6 Å². The average Bonchev–Trinajstić information content (AvgIpc) is 1.95. The summed E-state index contributed by atoms with van der Waals surface area (Å²) in [6.07, 6.45) is 0. The molecule has 2 heterocycles. The van der Waals surface area contributed by atoms with E-state index in [4.69, 9.17) is 0 Å². The summed E-state index contributed by atoms with van der Waals surface area (Å²) in [5.41, 5.74) is 0. The van der Waals surface area contributed by atoms with Gasteiger partial charge in [-0.3, -0.25) is 19.8 Å². The van der Waals surface area contributed by atoms with E-state index >= 15 is 0 Å². The molecule has 2 saturated heterocycles. The number of imide groups is 1. The number of nitrogens with zero attached hydrogens (tertiary/aromatic N) is 1. The highest BCUT2D eigenvalue weighted by Crippen LogP contribution is 2.12. The zero-order valence-electron chi connectivity index (χ0n) is 7.54. The Morgan fingerprint density at radius 2 is 2.08 bits per heavy atom. The van der Waals surface area contributed by atoms with Crippen LogP contribution in [0, 0.1) is 0 Å². The van der Waals surface area contributed by atoms with E-state index in [2.05, 4.69) is 10.6 Å². The van der Waals surface area contributed by atoms with Gasteiger partial charge in [-0.05, 0) is 6.92 Å². The Bertz CT molecular complexity index is 250. The normalized spacial score (nSPS) is 31.3. The van der Waals surface area contributed by atoms with Gasteiger partial charge in [0.1, 0.15) is 0 Å². The molecule has 0 radical (unpaired) electrons. The van der Waals surface area contributed by atoms with E-state index in [0.717, 1.165) is 13.1 Å². The molecule has 0 aromatic rings. The molecule has 0 aromatic heterocycles. The number of rotatable bonds is 1. The fourth-order valence-corrected chi connectivity index (χ4v) is 1.69. The molecule has 0 bridgehead atoms. The summed E-state index contributed by atoms with van der Waals surface area (Å²) >= 11 is 0. The standard InChI is InChI=1S/C8H13N3O2/c1-5-8(13)10-7(12)4-11(5)6-2-9-3-6/h5-6,9H,2-4H2,1H3,(H,10,12,13). The smallest absolute Gasteiger partial charge is 0.243 e. The highest BCUT2D eigenvalue weighted by Gasteiger charge is 2.36. The molecule has 1 unspecified atom stereocenters. The first-order chi connectivity index (χ1) is 6.18. The fourth-order valence-electron chi connectivity index (χ4n) is 1.69. The molecule has 0 aliphatic carbocycles.